The lowest BCUT2D eigenvalue weighted by Crippen LogP contribution is -2.54. The topological polar surface area (TPSA) is 35.5 Å². The molecule has 1 fully saturated rings. The Morgan fingerprint density at radius 2 is 1.67 bits per heavy atom. The third-order valence-electron chi connectivity index (χ3n) is 4.55. The number of hydrogen-bond donors (Lipinski definition) is 2. The second-order valence-corrected chi connectivity index (χ2v) is 6.18. The minimum Gasteiger partial charge on any atom is -0.394 e. The van der Waals surface area contributed by atoms with Crippen molar-refractivity contribution in [1.82, 2.24) is 10.2 Å². The van der Waals surface area contributed by atoms with Crippen molar-refractivity contribution in [2.24, 2.45) is 0 Å². The van der Waals surface area contributed by atoms with Gasteiger partial charge in [-0.1, -0.05) is 56.5 Å². The summed E-state index contributed by atoms with van der Waals surface area (Å²) in [6.45, 7) is 6.31. The van der Waals surface area contributed by atoms with Crippen molar-refractivity contribution in [3.8, 4) is 0 Å². The van der Waals surface area contributed by atoms with Gasteiger partial charge < -0.3 is 15.3 Å². The molecule has 1 saturated heterocycles. The van der Waals surface area contributed by atoms with Crippen LogP contribution in [0.2, 0.25) is 0 Å². The van der Waals surface area contributed by atoms with Crippen LogP contribution in [0.25, 0.3) is 0 Å². The fourth-order valence-electron chi connectivity index (χ4n) is 3.39. The Kier molecular flexibility index (Phi) is 6.68. The van der Waals surface area contributed by atoms with Gasteiger partial charge in [0.05, 0.1) is 12.1 Å². The summed E-state index contributed by atoms with van der Waals surface area (Å²) >= 11 is 0. The Morgan fingerprint density at radius 1 is 1.05 bits per heavy atom. The lowest BCUT2D eigenvalue weighted by atomic mass is 9.89. The molecule has 3 heteroatoms. The van der Waals surface area contributed by atoms with Gasteiger partial charge in [0, 0.05) is 6.54 Å². The van der Waals surface area contributed by atoms with E-state index in [1.54, 1.807) is 0 Å². The van der Waals surface area contributed by atoms with Crippen LogP contribution in [0.15, 0.2) is 30.3 Å². The second kappa shape index (κ2) is 8.52. The third-order valence-corrected chi connectivity index (χ3v) is 4.55. The lowest BCUT2D eigenvalue weighted by Gasteiger charge is -2.39. The summed E-state index contributed by atoms with van der Waals surface area (Å²) in [5, 5.41) is 13.7. The molecule has 1 aromatic carbocycles. The monoisotopic (exact) mass is 290 g/mol. The van der Waals surface area contributed by atoms with Crippen LogP contribution in [-0.4, -0.2) is 42.8 Å². The number of likely N-dealkylation sites (tertiary alicyclic amines) is 1. The quantitative estimate of drug-likeness (QED) is 0.845. The van der Waals surface area contributed by atoms with Crippen LogP contribution in [0, 0.1) is 0 Å². The third kappa shape index (κ3) is 4.53. The smallest absolute Gasteiger partial charge is 0.0797 e. The molecule has 0 radical (unpaired) electrons. The molecule has 2 rings (SSSR count). The first-order valence-electron chi connectivity index (χ1n) is 8.44. The van der Waals surface area contributed by atoms with Crippen LogP contribution >= 0.6 is 0 Å². The zero-order valence-electron chi connectivity index (χ0n) is 13.4. The minimum absolute atomic E-state index is 0.140. The van der Waals surface area contributed by atoms with Gasteiger partial charge in [-0.15, -0.1) is 0 Å². The van der Waals surface area contributed by atoms with Crippen molar-refractivity contribution in [2.45, 2.75) is 44.6 Å². The highest BCUT2D eigenvalue weighted by Crippen LogP contribution is 2.23. The number of aliphatic hydroxyl groups excluding tert-OH is 1. The van der Waals surface area contributed by atoms with E-state index in [1.807, 2.05) is 6.07 Å². The van der Waals surface area contributed by atoms with Gasteiger partial charge in [-0.25, -0.2) is 0 Å². The molecule has 1 aromatic rings. The molecular formula is C18H30N2O. The SMILES string of the molecule is CCNC(CO)(CN1CCCCCCC1)c1ccccc1. The van der Waals surface area contributed by atoms with Crippen LogP contribution in [0.4, 0.5) is 0 Å². The van der Waals surface area contributed by atoms with E-state index >= 15 is 0 Å². The van der Waals surface area contributed by atoms with E-state index in [9.17, 15) is 5.11 Å². The number of likely N-dealkylation sites (N-methyl/N-ethyl adjacent to an activating group) is 1. The highest BCUT2D eigenvalue weighted by Gasteiger charge is 2.32. The van der Waals surface area contributed by atoms with Crippen LogP contribution in [0.1, 0.15) is 44.6 Å². The summed E-state index contributed by atoms with van der Waals surface area (Å²) in [5.41, 5.74) is 0.853. The number of aliphatic hydroxyl groups is 1. The Morgan fingerprint density at radius 3 is 2.24 bits per heavy atom. The highest BCUT2D eigenvalue weighted by atomic mass is 16.3. The van der Waals surface area contributed by atoms with Gasteiger partial charge in [-0.2, -0.15) is 0 Å². The average molecular weight is 290 g/mol. The van der Waals surface area contributed by atoms with Gasteiger partial charge in [0.1, 0.15) is 0 Å². The maximum absolute atomic E-state index is 10.1. The molecule has 1 heterocycles. The van der Waals surface area contributed by atoms with Gasteiger partial charge in [0.15, 0.2) is 0 Å². The lowest BCUT2D eigenvalue weighted by molar-refractivity contribution is 0.103. The van der Waals surface area contributed by atoms with E-state index < -0.39 is 0 Å². The Balaban J connectivity index is 2.14. The fraction of sp³-hybridized carbons (Fsp3) is 0.667. The van der Waals surface area contributed by atoms with Gasteiger partial charge in [-0.05, 0) is 38.0 Å². The van der Waals surface area contributed by atoms with Crippen molar-refractivity contribution < 1.29 is 5.11 Å². The summed E-state index contributed by atoms with van der Waals surface area (Å²) in [7, 11) is 0. The number of nitrogens with one attached hydrogen (secondary N) is 1. The van der Waals surface area contributed by atoms with E-state index in [1.165, 1.54) is 37.7 Å². The normalized spacial score (nSPS) is 20.5. The first-order chi connectivity index (χ1) is 10.3. The molecule has 3 nitrogen and oxygen atoms in total. The zero-order valence-corrected chi connectivity index (χ0v) is 13.4. The van der Waals surface area contributed by atoms with Crippen LogP contribution in [-0.2, 0) is 5.54 Å². The van der Waals surface area contributed by atoms with E-state index in [0.717, 1.165) is 26.2 Å². The maximum atomic E-state index is 10.1. The molecule has 2 N–H and O–H groups in total. The molecule has 0 spiro atoms. The number of benzene rings is 1. The first kappa shape index (κ1) is 16.5. The Labute approximate surface area is 129 Å². The predicted molar refractivity (Wildman–Crippen MR) is 88.4 cm³/mol. The second-order valence-electron chi connectivity index (χ2n) is 6.18. The molecule has 0 aromatic heterocycles. The molecule has 0 bridgehead atoms. The molecule has 1 aliphatic heterocycles. The molecule has 0 saturated carbocycles. The number of rotatable bonds is 6. The van der Waals surface area contributed by atoms with Crippen molar-refractivity contribution in [3.63, 3.8) is 0 Å². The molecule has 21 heavy (non-hydrogen) atoms. The molecule has 1 unspecified atom stereocenters. The van der Waals surface area contributed by atoms with Crippen molar-refractivity contribution in [3.05, 3.63) is 35.9 Å². The summed E-state index contributed by atoms with van der Waals surface area (Å²) in [6, 6.07) is 10.4. The minimum atomic E-state index is -0.338. The van der Waals surface area contributed by atoms with Gasteiger partial charge in [0.25, 0.3) is 0 Å². The largest absolute Gasteiger partial charge is 0.394 e. The fourth-order valence-corrected chi connectivity index (χ4v) is 3.39. The Bertz CT molecular complexity index is 387. The Hall–Kier alpha value is -0.900. The number of hydrogen-bond acceptors (Lipinski definition) is 3. The van der Waals surface area contributed by atoms with Gasteiger partial charge >= 0.3 is 0 Å². The molecule has 0 amide bonds. The highest BCUT2D eigenvalue weighted by molar-refractivity contribution is 5.25. The summed E-state index contributed by atoms with van der Waals surface area (Å²) in [4.78, 5) is 2.53. The standard InChI is InChI=1S/C18H30N2O/c1-2-19-18(16-21,17-11-7-6-8-12-17)15-20-13-9-4-3-5-10-14-20/h6-8,11-12,19,21H,2-5,9-10,13-16H2,1H3. The molecule has 118 valence electrons. The summed E-state index contributed by atoms with van der Waals surface area (Å²) < 4.78 is 0. The van der Waals surface area contributed by atoms with Crippen molar-refractivity contribution in [1.29, 1.82) is 0 Å². The summed E-state index contributed by atoms with van der Waals surface area (Å²) in [6.07, 6.45) is 6.63. The van der Waals surface area contributed by atoms with Gasteiger partial charge in [-0.3, -0.25) is 0 Å². The molecule has 0 aliphatic carbocycles. The predicted octanol–water partition coefficient (Wildman–Crippen LogP) is 2.75. The van der Waals surface area contributed by atoms with E-state index in [4.69, 9.17) is 0 Å². The zero-order chi connectivity index (χ0) is 15.0. The van der Waals surface area contributed by atoms with Crippen LogP contribution in [0.5, 0.6) is 0 Å². The van der Waals surface area contributed by atoms with Crippen LogP contribution in [0.3, 0.4) is 0 Å². The van der Waals surface area contributed by atoms with E-state index in [-0.39, 0.29) is 12.1 Å². The molecular weight excluding hydrogens is 260 g/mol. The van der Waals surface area contributed by atoms with Crippen LogP contribution < -0.4 is 5.32 Å². The van der Waals surface area contributed by atoms with Crippen molar-refractivity contribution >= 4 is 0 Å². The van der Waals surface area contributed by atoms with E-state index in [0.29, 0.717) is 0 Å². The number of nitrogens with zero attached hydrogens (tertiary/aromatic N) is 1. The maximum Gasteiger partial charge on any atom is 0.0797 e. The molecule has 1 aliphatic rings. The van der Waals surface area contributed by atoms with E-state index in [2.05, 4.69) is 41.4 Å². The average Bonchev–Trinajstić information content (AvgIpc) is 2.50. The van der Waals surface area contributed by atoms with Crippen molar-refractivity contribution in [2.75, 3.05) is 32.8 Å². The molecule has 1 atom stereocenters. The van der Waals surface area contributed by atoms with Gasteiger partial charge in [0.2, 0.25) is 0 Å². The summed E-state index contributed by atoms with van der Waals surface area (Å²) in [5.74, 6) is 0. The first-order valence-corrected chi connectivity index (χ1v) is 8.44.